The number of nitrogens with zero attached hydrogens (tertiary/aromatic N) is 4. The van der Waals surface area contributed by atoms with Crippen molar-refractivity contribution in [3.05, 3.63) is 135 Å². The monoisotopic (exact) mass is 1020 g/mol. The molecule has 64 heavy (non-hydrogen) atoms. The molecule has 4 amide bonds. The van der Waals surface area contributed by atoms with Gasteiger partial charge in [0.25, 0.3) is 23.6 Å². The molecule has 2 unspecified atom stereocenters. The predicted octanol–water partition coefficient (Wildman–Crippen LogP) is 13.4. The maximum absolute atomic E-state index is 13.4. The Morgan fingerprint density at radius 1 is 0.453 bits per heavy atom. The van der Waals surface area contributed by atoms with Gasteiger partial charge in [-0.15, -0.1) is 0 Å². The number of anilines is 4. The van der Waals surface area contributed by atoms with E-state index in [4.69, 9.17) is 92.8 Å². The highest BCUT2D eigenvalue weighted by molar-refractivity contribution is 6.46. The van der Waals surface area contributed by atoms with Crippen LogP contribution in [0.3, 0.4) is 0 Å². The second kappa shape index (κ2) is 21.7. The summed E-state index contributed by atoms with van der Waals surface area (Å²) in [6.07, 6.45) is 0. The second-order valence-corrected chi connectivity index (χ2v) is 16.9. The van der Waals surface area contributed by atoms with Gasteiger partial charge in [-0.3, -0.25) is 28.8 Å². The zero-order chi connectivity index (χ0) is 47.2. The highest BCUT2D eigenvalue weighted by atomic mass is 35.5. The van der Waals surface area contributed by atoms with Crippen LogP contribution in [0.2, 0.25) is 40.2 Å². The lowest BCUT2D eigenvalue weighted by Crippen LogP contribution is -2.32. The predicted molar refractivity (Wildman–Crippen MR) is 253 cm³/mol. The first-order valence-electron chi connectivity index (χ1n) is 18.2. The van der Waals surface area contributed by atoms with Crippen LogP contribution in [0.25, 0.3) is 0 Å². The Morgan fingerprint density at radius 3 is 1.16 bits per heavy atom. The van der Waals surface area contributed by atoms with Crippen molar-refractivity contribution >= 4 is 162 Å². The average Bonchev–Trinajstić information content (AvgIpc) is 3.21. The van der Waals surface area contributed by atoms with Gasteiger partial charge in [-0.05, 0) is 112 Å². The Bertz CT molecular complexity index is 2630. The van der Waals surface area contributed by atoms with E-state index in [1.54, 1.807) is 13.8 Å². The van der Waals surface area contributed by atoms with Crippen LogP contribution in [0.4, 0.5) is 34.1 Å². The van der Waals surface area contributed by atoms with Gasteiger partial charge < -0.3 is 21.3 Å². The molecule has 330 valence electrons. The van der Waals surface area contributed by atoms with Crippen molar-refractivity contribution in [2.24, 2.45) is 20.5 Å². The fraction of sp³-hybridized carbons (Fsp3) is 0.143. The van der Waals surface area contributed by atoms with Crippen LogP contribution >= 0.6 is 92.8 Å². The largest absolute Gasteiger partial charge is 0.324 e. The minimum absolute atomic E-state index is 0.0232. The van der Waals surface area contributed by atoms with E-state index in [0.717, 1.165) is 13.8 Å². The SMILES string of the molecule is CC(=O)C(N=Nc1cc(C(=O)Nc2cc(Cl)cc(Cl)c2Cl)ccc1Cl)C(=O)Nc1cc(C)c(NC(=O)C(N=Nc2cc(C(=O)Nc3cc(Cl)cc(Cl)c3Cl)ccc2Cl)C(C)=O)cc1C. The number of rotatable bonds is 14. The summed E-state index contributed by atoms with van der Waals surface area (Å²) in [6, 6.07) is 13.6. The zero-order valence-electron chi connectivity index (χ0n) is 33.3. The molecule has 0 saturated carbocycles. The Morgan fingerprint density at radius 2 is 0.812 bits per heavy atom. The fourth-order valence-electron chi connectivity index (χ4n) is 5.51. The van der Waals surface area contributed by atoms with Gasteiger partial charge in [-0.2, -0.15) is 20.5 Å². The Balaban J connectivity index is 1.27. The Labute approximate surface area is 405 Å². The van der Waals surface area contributed by atoms with Crippen molar-refractivity contribution < 1.29 is 28.8 Å². The van der Waals surface area contributed by atoms with E-state index < -0.39 is 47.3 Å². The lowest BCUT2D eigenvalue weighted by atomic mass is 10.1. The number of carbonyl (C=O) groups is 6. The number of hydrogen-bond donors (Lipinski definition) is 4. The van der Waals surface area contributed by atoms with Gasteiger partial charge in [0.05, 0.1) is 41.5 Å². The Hall–Kier alpha value is -5.16. The number of Topliss-reactive ketones (excluding diaryl/α,β-unsaturated/α-hetero) is 2. The maximum Gasteiger partial charge on any atom is 0.258 e. The highest BCUT2D eigenvalue weighted by Crippen LogP contribution is 2.36. The lowest BCUT2D eigenvalue weighted by Gasteiger charge is -2.16. The average molecular weight is 1030 g/mol. The summed E-state index contributed by atoms with van der Waals surface area (Å²) in [6.45, 7) is 5.53. The van der Waals surface area contributed by atoms with Crippen LogP contribution < -0.4 is 21.3 Å². The molecule has 0 aromatic heterocycles. The van der Waals surface area contributed by atoms with Gasteiger partial charge >= 0.3 is 0 Å². The molecule has 22 heteroatoms. The molecule has 5 aromatic rings. The molecule has 0 saturated heterocycles. The van der Waals surface area contributed by atoms with Crippen LogP contribution in [0.15, 0.2) is 93.3 Å². The van der Waals surface area contributed by atoms with E-state index in [-0.39, 0.29) is 85.4 Å². The summed E-state index contributed by atoms with van der Waals surface area (Å²) >= 11 is 49.3. The van der Waals surface area contributed by atoms with Gasteiger partial charge in [0.2, 0.25) is 12.1 Å². The molecule has 0 aliphatic carbocycles. The lowest BCUT2D eigenvalue weighted by molar-refractivity contribution is -0.127. The van der Waals surface area contributed by atoms with E-state index >= 15 is 0 Å². The van der Waals surface area contributed by atoms with E-state index in [0.29, 0.717) is 11.1 Å². The molecule has 0 bridgehead atoms. The third kappa shape index (κ3) is 12.5. The molecule has 5 rings (SSSR count). The summed E-state index contributed by atoms with van der Waals surface area (Å²) in [4.78, 5) is 78.2. The number of azo groups is 2. The second-order valence-electron chi connectivity index (χ2n) is 13.7. The number of aryl methyl sites for hydroxylation is 2. The van der Waals surface area contributed by atoms with Crippen LogP contribution in [-0.4, -0.2) is 47.3 Å². The van der Waals surface area contributed by atoms with Crippen molar-refractivity contribution in [3.63, 3.8) is 0 Å². The van der Waals surface area contributed by atoms with Crippen molar-refractivity contribution in [2.45, 2.75) is 39.8 Å². The highest BCUT2D eigenvalue weighted by Gasteiger charge is 2.27. The fourth-order valence-corrected chi connectivity index (χ4v) is 7.12. The van der Waals surface area contributed by atoms with E-state index in [1.165, 1.54) is 72.8 Å². The topological polar surface area (TPSA) is 200 Å². The van der Waals surface area contributed by atoms with Crippen molar-refractivity contribution in [3.8, 4) is 0 Å². The summed E-state index contributed by atoms with van der Waals surface area (Å²) in [7, 11) is 0. The van der Waals surface area contributed by atoms with Crippen molar-refractivity contribution in [1.29, 1.82) is 0 Å². The minimum Gasteiger partial charge on any atom is -0.324 e. The third-order valence-corrected chi connectivity index (χ3v) is 11.5. The summed E-state index contributed by atoms with van der Waals surface area (Å²) in [5.74, 6) is -4.25. The standard InChI is InChI=1S/C42H30Cl8N8O6/c1-17-9-30(52-42(64)38(20(4)60)58-56-32-12-22(6-8-26(32)46)40(62)54-34-16-24(44)14-28(48)36(34)50)18(2)10-29(17)51-41(63)37(19(3)59)57-55-31-11-21(5-7-25(31)45)39(61)53-33-15-23(43)13-27(47)35(33)49/h5-16,37-38H,1-4H3,(H,51,63)(H,52,64)(H,53,61)(H,54,62). The Kier molecular flexibility index (Phi) is 16.9. The molecule has 0 spiro atoms. The van der Waals surface area contributed by atoms with E-state index in [2.05, 4.69) is 41.7 Å². The van der Waals surface area contributed by atoms with Gasteiger partial charge in [0.1, 0.15) is 11.4 Å². The quantitative estimate of drug-likeness (QED) is 0.0484. The molecule has 14 nitrogen and oxygen atoms in total. The molecule has 0 aliphatic rings. The van der Waals surface area contributed by atoms with Crippen molar-refractivity contribution in [2.75, 3.05) is 21.3 Å². The van der Waals surface area contributed by atoms with Crippen LogP contribution in [0.5, 0.6) is 0 Å². The number of amides is 4. The number of hydrogen-bond acceptors (Lipinski definition) is 10. The third-order valence-electron chi connectivity index (χ3n) is 8.81. The van der Waals surface area contributed by atoms with Gasteiger partial charge in [-0.1, -0.05) is 92.8 Å². The molecule has 0 heterocycles. The van der Waals surface area contributed by atoms with Crippen LogP contribution in [0.1, 0.15) is 45.7 Å². The van der Waals surface area contributed by atoms with E-state index in [9.17, 15) is 28.8 Å². The minimum atomic E-state index is -1.63. The maximum atomic E-state index is 13.4. The molecular formula is C42H30Cl8N8O6. The van der Waals surface area contributed by atoms with Crippen LogP contribution in [0, 0.1) is 13.8 Å². The zero-order valence-corrected chi connectivity index (χ0v) is 39.4. The summed E-state index contributed by atoms with van der Waals surface area (Å²) < 4.78 is 0. The first kappa shape index (κ1) is 49.8. The molecular weight excluding hydrogens is 996 g/mol. The van der Waals surface area contributed by atoms with Crippen molar-refractivity contribution in [1.82, 2.24) is 0 Å². The summed E-state index contributed by atoms with van der Waals surface area (Å²) in [5.41, 5.74) is 1.84. The number of nitrogens with one attached hydrogen (secondary N) is 4. The normalized spacial score (nSPS) is 12.2. The number of halogens is 8. The number of carbonyl (C=O) groups excluding carboxylic acids is 6. The number of ketones is 2. The van der Waals surface area contributed by atoms with Crippen LogP contribution in [-0.2, 0) is 19.2 Å². The molecule has 0 radical (unpaired) electrons. The molecule has 0 fully saturated rings. The number of benzene rings is 5. The first-order chi connectivity index (χ1) is 30.1. The van der Waals surface area contributed by atoms with Gasteiger partial charge in [-0.25, -0.2) is 0 Å². The summed E-state index contributed by atoms with van der Waals surface area (Å²) in [5, 5.41) is 27.4. The molecule has 0 aliphatic heterocycles. The molecule has 5 aromatic carbocycles. The molecule has 4 N–H and O–H groups in total. The first-order valence-corrected chi connectivity index (χ1v) is 21.2. The smallest absolute Gasteiger partial charge is 0.258 e. The van der Waals surface area contributed by atoms with Gasteiger partial charge in [0, 0.05) is 32.5 Å². The van der Waals surface area contributed by atoms with Gasteiger partial charge in [0.15, 0.2) is 11.6 Å². The molecule has 2 atom stereocenters. The van der Waals surface area contributed by atoms with E-state index in [1.807, 2.05) is 0 Å².